The van der Waals surface area contributed by atoms with E-state index in [0.29, 0.717) is 0 Å². The molecule has 1 heterocycles. The van der Waals surface area contributed by atoms with E-state index in [-0.39, 0.29) is 21.4 Å². The summed E-state index contributed by atoms with van der Waals surface area (Å²) in [7, 11) is 6.10. The molecule has 0 radical (unpaired) electrons. The Labute approximate surface area is 291 Å². The Hall–Kier alpha value is -4.11. The summed E-state index contributed by atoms with van der Waals surface area (Å²) >= 11 is -0.218. The molecule has 47 heavy (non-hydrogen) atoms. The van der Waals surface area contributed by atoms with Gasteiger partial charge in [0.25, 0.3) is 0 Å². The second-order valence-electron chi connectivity index (χ2n) is 11.7. The zero-order valence-electron chi connectivity index (χ0n) is 27.4. The number of benzene rings is 5. The summed E-state index contributed by atoms with van der Waals surface area (Å²) < 4.78 is 1.30. The van der Waals surface area contributed by atoms with E-state index in [2.05, 4.69) is 104 Å². The molecule has 1 fully saturated rings. The van der Waals surface area contributed by atoms with E-state index in [1.807, 2.05) is 49.4 Å². The topological polar surface area (TPSA) is 35.8 Å². The maximum absolute atomic E-state index is 9.57. The third-order valence-electron chi connectivity index (χ3n) is 8.16. The number of hydrogen-bond donors (Lipinski definition) is 1. The molecule has 0 bridgehead atoms. The first-order valence-electron chi connectivity index (χ1n) is 15.9. The molecular formula is C42H41ClN2ORu-. The van der Waals surface area contributed by atoms with Gasteiger partial charge in [-0.3, -0.25) is 4.99 Å². The molecule has 7 rings (SSSR count). The number of rotatable bonds is 4. The van der Waals surface area contributed by atoms with Crippen LogP contribution in [0.4, 0.5) is 11.4 Å². The first kappa shape index (κ1) is 34.2. The molecule has 3 nitrogen and oxygen atoms in total. The van der Waals surface area contributed by atoms with Crippen LogP contribution >= 0.6 is 9.69 Å². The van der Waals surface area contributed by atoms with Gasteiger partial charge in [0, 0.05) is 17.5 Å². The van der Waals surface area contributed by atoms with Gasteiger partial charge in [-0.15, -0.1) is 0 Å². The van der Waals surface area contributed by atoms with Crippen molar-refractivity contribution in [1.82, 2.24) is 0 Å². The van der Waals surface area contributed by atoms with Gasteiger partial charge in [-0.1, -0.05) is 54.4 Å². The number of phenols is 1. The standard InChI is InChI=1S/C15H10.C14H13NO.C13H18N.ClH.Ru/c1-2-6-12(7-3-1)15-11-10-13-8-4-5-9-14(13)15;1-11-6-2-4-8-13(11)15-10-12-7-3-5-9-14(12)16;1-10-8-11(2)13(12(3)9-10)14-6-4-5-7-14;;/h1-9,11H;2-10,16H,1H3;6,8-9H,4-5,7H2,1-3H3;1H;/q;;-1;;+1/p-1. The van der Waals surface area contributed by atoms with Gasteiger partial charge in [0.05, 0.1) is 5.69 Å². The Kier molecular flexibility index (Phi) is 12.1. The second-order valence-corrected chi connectivity index (χ2v) is 13.8. The monoisotopic (exact) mass is 726 g/mol. The molecule has 1 aliphatic heterocycles. The number of aliphatic imine (C=N–C) groups is 1. The molecule has 5 aromatic carbocycles. The predicted molar refractivity (Wildman–Crippen MR) is 198 cm³/mol. The van der Waals surface area contributed by atoms with Gasteiger partial charge in [0.2, 0.25) is 0 Å². The van der Waals surface area contributed by atoms with E-state index < -0.39 is 0 Å². The van der Waals surface area contributed by atoms with Gasteiger partial charge in [-0.2, -0.15) is 6.42 Å². The summed E-state index contributed by atoms with van der Waals surface area (Å²) in [5.41, 5.74) is 13.5. The number of halogens is 1. The molecule has 1 N–H and O–H groups in total. The fourth-order valence-electron chi connectivity index (χ4n) is 5.98. The number of aromatic hydroxyl groups is 1. The predicted octanol–water partition coefficient (Wildman–Crippen LogP) is 10.7. The summed E-state index contributed by atoms with van der Waals surface area (Å²) in [6.07, 6.45) is 6.45. The molecule has 5 heteroatoms. The summed E-state index contributed by atoms with van der Waals surface area (Å²) in [6, 6.07) is 38.6. The molecule has 241 valence electrons. The molecule has 0 spiro atoms. The van der Waals surface area contributed by atoms with Gasteiger partial charge in [0.15, 0.2) is 0 Å². The third kappa shape index (κ3) is 8.83. The van der Waals surface area contributed by atoms with E-state index in [0.717, 1.165) is 16.8 Å². The van der Waals surface area contributed by atoms with Crippen molar-refractivity contribution in [3.63, 3.8) is 0 Å². The second kappa shape index (κ2) is 16.6. The van der Waals surface area contributed by atoms with E-state index >= 15 is 0 Å². The third-order valence-corrected chi connectivity index (χ3v) is 10.1. The Morgan fingerprint density at radius 3 is 2.06 bits per heavy atom. The molecule has 5 aromatic rings. The number of allylic oxidation sites excluding steroid dienone is 1. The minimum atomic E-state index is -0.218. The van der Waals surface area contributed by atoms with E-state index in [1.54, 1.807) is 18.3 Å². The van der Waals surface area contributed by atoms with Crippen molar-refractivity contribution in [2.45, 2.75) is 40.5 Å². The van der Waals surface area contributed by atoms with Gasteiger partial charge in [0.1, 0.15) is 5.75 Å². The van der Waals surface area contributed by atoms with Gasteiger partial charge in [-0.05, 0) is 69.1 Å². The first-order chi connectivity index (χ1) is 22.9. The normalized spacial score (nSPS) is 14.4. The van der Waals surface area contributed by atoms with E-state index in [1.165, 1.54) is 68.1 Å². The van der Waals surface area contributed by atoms with Crippen molar-refractivity contribution in [3.05, 3.63) is 172 Å². The Morgan fingerprint density at radius 2 is 1.40 bits per heavy atom. The van der Waals surface area contributed by atoms with Crippen molar-refractivity contribution in [3.8, 4) is 5.75 Å². The molecule has 1 aliphatic carbocycles. The van der Waals surface area contributed by atoms with Crippen molar-refractivity contribution in [2.24, 2.45) is 4.99 Å². The number of para-hydroxylation sites is 2. The molecule has 0 saturated carbocycles. The van der Waals surface area contributed by atoms with Crippen LogP contribution in [-0.4, -0.2) is 22.0 Å². The number of fused-ring (bicyclic) bond motifs is 1. The van der Waals surface area contributed by atoms with Crippen LogP contribution in [0.15, 0.2) is 126 Å². The molecule has 0 aromatic heterocycles. The molecule has 1 saturated heterocycles. The number of hydrogen-bond acceptors (Lipinski definition) is 3. The van der Waals surface area contributed by atoms with Crippen LogP contribution in [0.1, 0.15) is 57.3 Å². The van der Waals surface area contributed by atoms with Gasteiger partial charge in [-0.25, -0.2) is 6.54 Å². The van der Waals surface area contributed by atoms with Crippen molar-refractivity contribution in [1.29, 1.82) is 0 Å². The minimum absolute atomic E-state index is 0.218. The quantitative estimate of drug-likeness (QED) is 0.114. The van der Waals surface area contributed by atoms with Crippen molar-refractivity contribution in [2.75, 3.05) is 11.4 Å². The van der Waals surface area contributed by atoms with Crippen LogP contribution in [-0.2, 0) is 15.7 Å². The van der Waals surface area contributed by atoms with Crippen molar-refractivity contribution < 1.29 is 20.8 Å². The fraction of sp³-hybridized carbons (Fsp3) is 0.167. The summed E-state index contributed by atoms with van der Waals surface area (Å²) in [5, 5.41) is 9.57. The Balaban J connectivity index is 0.000000139. The van der Waals surface area contributed by atoms with E-state index in [4.69, 9.17) is 9.69 Å². The van der Waals surface area contributed by atoms with Crippen LogP contribution < -0.4 is 4.90 Å². The number of phenolic OH excluding ortho intramolecular Hbond substituents is 1. The van der Waals surface area contributed by atoms with Gasteiger partial charge >= 0.3 is 112 Å². The zero-order valence-corrected chi connectivity index (χ0v) is 29.9. The van der Waals surface area contributed by atoms with Crippen LogP contribution in [0.3, 0.4) is 0 Å². The maximum atomic E-state index is 9.57. The summed E-state index contributed by atoms with van der Waals surface area (Å²) in [4.78, 5) is 6.76. The van der Waals surface area contributed by atoms with Crippen molar-refractivity contribution >= 4 is 37.0 Å². The summed E-state index contributed by atoms with van der Waals surface area (Å²) in [6.45, 7) is 12.1. The molecule has 0 atom stereocenters. The zero-order chi connectivity index (χ0) is 33.2. The SMILES string of the molecule is Cc1cc(C)c(N2[CH-]CCC2)c(C)c1.Cc1ccccc1N=Cc1ccccc1O.[Cl][Ru]=[C]1C=C(c2ccccc2)c2ccccc21. The molecule has 0 unspecified atom stereocenters. The number of anilines is 1. The van der Waals surface area contributed by atoms with E-state index in [9.17, 15) is 5.11 Å². The summed E-state index contributed by atoms with van der Waals surface area (Å²) in [5.74, 6) is 0.250. The molecular weight excluding hydrogens is 685 g/mol. The number of aryl methyl sites for hydroxylation is 4. The molecule has 2 aliphatic rings. The Morgan fingerprint density at radius 1 is 0.766 bits per heavy atom. The fourth-order valence-corrected chi connectivity index (χ4v) is 7.54. The average Bonchev–Trinajstić information content (AvgIpc) is 3.74. The molecule has 0 amide bonds. The Bertz CT molecular complexity index is 1840. The van der Waals surface area contributed by atoms with Crippen LogP contribution in [0.5, 0.6) is 5.75 Å². The number of nitrogens with zero attached hydrogens (tertiary/aromatic N) is 2. The van der Waals surface area contributed by atoms with Crippen LogP contribution in [0, 0.1) is 34.2 Å². The first-order valence-corrected chi connectivity index (χ1v) is 19.0. The van der Waals surface area contributed by atoms with Crippen LogP contribution in [0.25, 0.3) is 5.57 Å². The van der Waals surface area contributed by atoms with Crippen LogP contribution in [0.2, 0.25) is 0 Å². The van der Waals surface area contributed by atoms with Gasteiger partial charge < -0.3 is 10.0 Å². The average molecular weight is 726 g/mol.